The minimum atomic E-state index is -0.841. The lowest BCUT2D eigenvalue weighted by Crippen LogP contribution is -2.15. The van der Waals surface area contributed by atoms with Crippen LogP contribution in [-0.2, 0) is 9.53 Å². The van der Waals surface area contributed by atoms with E-state index in [0.29, 0.717) is 16.9 Å². The molecule has 5 nitrogen and oxygen atoms in total. The first-order chi connectivity index (χ1) is 12.0. The minimum Gasteiger partial charge on any atom is -0.496 e. The molecule has 5 heteroatoms. The van der Waals surface area contributed by atoms with Crippen LogP contribution in [0.1, 0.15) is 21.5 Å². The number of carbonyl (C=O) groups is 2. The van der Waals surface area contributed by atoms with E-state index in [1.54, 1.807) is 42.5 Å². The molecule has 0 aromatic heterocycles. The quantitative estimate of drug-likeness (QED) is 0.350. The second kappa shape index (κ2) is 8.46. The molecule has 0 N–H and O–H groups in total. The van der Waals surface area contributed by atoms with E-state index in [2.05, 4.69) is 0 Å². The zero-order valence-electron chi connectivity index (χ0n) is 14.0. The summed E-state index contributed by atoms with van der Waals surface area (Å²) in [6, 6.07) is 15.8. The van der Waals surface area contributed by atoms with E-state index < -0.39 is 18.4 Å². The smallest absolute Gasteiger partial charge is 0.349 e. The van der Waals surface area contributed by atoms with Gasteiger partial charge in [-0.05, 0) is 30.7 Å². The Morgan fingerprint density at radius 2 is 1.80 bits per heavy atom. The number of benzene rings is 2. The summed E-state index contributed by atoms with van der Waals surface area (Å²) in [5, 5.41) is 9.15. The number of ether oxygens (including phenoxy) is 2. The fraction of sp³-hybridized carbons (Fsp3) is 0.150. The Morgan fingerprint density at radius 1 is 1.12 bits per heavy atom. The van der Waals surface area contributed by atoms with Crippen molar-refractivity contribution in [1.82, 2.24) is 0 Å². The minimum absolute atomic E-state index is 0.170. The highest BCUT2D eigenvalue weighted by Gasteiger charge is 2.16. The maximum absolute atomic E-state index is 12.2. The Morgan fingerprint density at radius 3 is 2.44 bits per heavy atom. The van der Waals surface area contributed by atoms with Crippen LogP contribution in [0, 0.1) is 18.3 Å². The molecule has 2 rings (SSSR count). The van der Waals surface area contributed by atoms with E-state index in [9.17, 15) is 9.59 Å². The Kier molecular flexibility index (Phi) is 6.08. The lowest BCUT2D eigenvalue weighted by molar-refractivity contribution is -0.137. The normalized spacial score (nSPS) is 10.7. The number of ketones is 1. The molecule has 25 heavy (non-hydrogen) atoms. The third kappa shape index (κ3) is 4.79. The van der Waals surface area contributed by atoms with Gasteiger partial charge in [0.25, 0.3) is 0 Å². The van der Waals surface area contributed by atoms with Crippen molar-refractivity contribution in [2.45, 2.75) is 6.92 Å². The third-order valence-corrected chi connectivity index (χ3v) is 3.47. The number of esters is 1. The third-order valence-electron chi connectivity index (χ3n) is 3.47. The van der Waals surface area contributed by atoms with Gasteiger partial charge >= 0.3 is 5.97 Å². The first-order valence-electron chi connectivity index (χ1n) is 7.57. The molecule has 126 valence electrons. The van der Waals surface area contributed by atoms with Gasteiger partial charge in [0.2, 0.25) is 5.78 Å². The molecule has 0 heterocycles. The van der Waals surface area contributed by atoms with Crippen molar-refractivity contribution in [3.05, 3.63) is 70.8 Å². The van der Waals surface area contributed by atoms with Gasteiger partial charge in [-0.3, -0.25) is 4.79 Å². The van der Waals surface area contributed by atoms with E-state index >= 15 is 0 Å². The molecular weight excluding hydrogens is 318 g/mol. The maximum Gasteiger partial charge on any atom is 0.349 e. The molecule has 0 radical (unpaired) electrons. The van der Waals surface area contributed by atoms with E-state index in [1.165, 1.54) is 13.2 Å². The van der Waals surface area contributed by atoms with Gasteiger partial charge in [0.05, 0.1) is 12.7 Å². The summed E-state index contributed by atoms with van der Waals surface area (Å²) < 4.78 is 10.1. The predicted octanol–water partition coefficient (Wildman–Crippen LogP) is 3.34. The van der Waals surface area contributed by atoms with Gasteiger partial charge < -0.3 is 9.47 Å². The number of para-hydroxylation sites is 1. The highest BCUT2D eigenvalue weighted by Crippen LogP contribution is 2.18. The van der Waals surface area contributed by atoms with Gasteiger partial charge in [-0.15, -0.1) is 0 Å². The summed E-state index contributed by atoms with van der Waals surface area (Å²) in [6.45, 7) is 1.47. The zero-order valence-corrected chi connectivity index (χ0v) is 14.0. The molecule has 0 saturated heterocycles. The van der Waals surface area contributed by atoms with Gasteiger partial charge in [0.1, 0.15) is 17.4 Å². The van der Waals surface area contributed by atoms with Crippen molar-refractivity contribution in [2.75, 3.05) is 13.7 Å². The molecule has 0 fully saturated rings. The van der Waals surface area contributed by atoms with Crippen molar-refractivity contribution in [1.29, 1.82) is 5.26 Å². The SMILES string of the molecule is COc1ccccc1C(=O)COC(=O)/C(C#N)=C/c1ccc(C)cc1. The van der Waals surface area contributed by atoms with Crippen molar-refractivity contribution >= 4 is 17.8 Å². The number of hydrogen-bond acceptors (Lipinski definition) is 5. The highest BCUT2D eigenvalue weighted by atomic mass is 16.5. The summed E-state index contributed by atoms with van der Waals surface area (Å²) in [5.41, 5.74) is 1.92. The van der Waals surface area contributed by atoms with Crippen molar-refractivity contribution in [2.24, 2.45) is 0 Å². The van der Waals surface area contributed by atoms with E-state index in [0.717, 1.165) is 5.56 Å². The molecule has 0 amide bonds. The molecular formula is C20H17NO4. The Balaban J connectivity index is 2.06. The Bertz CT molecular complexity index is 845. The number of rotatable bonds is 6. The topological polar surface area (TPSA) is 76.4 Å². The average molecular weight is 335 g/mol. The van der Waals surface area contributed by atoms with E-state index in [-0.39, 0.29) is 5.57 Å². The number of carbonyl (C=O) groups excluding carboxylic acids is 2. The highest BCUT2D eigenvalue weighted by molar-refractivity contribution is 6.03. The van der Waals surface area contributed by atoms with Crippen LogP contribution in [-0.4, -0.2) is 25.5 Å². The molecule has 0 bridgehead atoms. The van der Waals surface area contributed by atoms with Crippen LogP contribution in [0.25, 0.3) is 6.08 Å². The van der Waals surface area contributed by atoms with Gasteiger partial charge in [-0.25, -0.2) is 4.79 Å². The van der Waals surface area contributed by atoms with Gasteiger partial charge in [-0.1, -0.05) is 42.0 Å². The molecule has 0 atom stereocenters. The van der Waals surface area contributed by atoms with E-state index in [1.807, 2.05) is 19.1 Å². The molecule has 2 aromatic carbocycles. The van der Waals surface area contributed by atoms with Crippen LogP contribution in [0.15, 0.2) is 54.1 Å². The molecule has 0 aliphatic rings. The monoisotopic (exact) mass is 335 g/mol. The number of Topliss-reactive ketones (excluding diaryl/α,β-unsaturated/α-hetero) is 1. The summed E-state index contributed by atoms with van der Waals surface area (Å²) in [4.78, 5) is 24.2. The fourth-order valence-electron chi connectivity index (χ4n) is 2.13. The standard InChI is InChI=1S/C20H17NO4/c1-14-7-9-15(10-8-14)11-16(12-21)20(23)25-13-18(22)17-5-3-4-6-19(17)24-2/h3-11H,13H2,1-2H3/b16-11+. The van der Waals surface area contributed by atoms with Crippen LogP contribution in [0.2, 0.25) is 0 Å². The van der Waals surface area contributed by atoms with Gasteiger partial charge in [-0.2, -0.15) is 5.26 Å². The maximum atomic E-state index is 12.2. The van der Waals surface area contributed by atoms with Crippen molar-refractivity contribution in [3.63, 3.8) is 0 Å². The second-order valence-electron chi connectivity index (χ2n) is 5.28. The number of hydrogen-bond donors (Lipinski definition) is 0. The summed E-state index contributed by atoms with van der Waals surface area (Å²) in [7, 11) is 1.45. The largest absolute Gasteiger partial charge is 0.496 e. The summed E-state index contributed by atoms with van der Waals surface area (Å²) >= 11 is 0. The van der Waals surface area contributed by atoms with Crippen molar-refractivity contribution in [3.8, 4) is 11.8 Å². The second-order valence-corrected chi connectivity index (χ2v) is 5.28. The average Bonchev–Trinajstić information content (AvgIpc) is 2.65. The molecule has 0 aliphatic carbocycles. The van der Waals surface area contributed by atoms with Crippen molar-refractivity contribution < 1.29 is 19.1 Å². The molecule has 2 aromatic rings. The van der Waals surface area contributed by atoms with Crippen LogP contribution >= 0.6 is 0 Å². The number of nitrogens with zero attached hydrogens (tertiary/aromatic N) is 1. The Hall–Kier alpha value is -3.39. The van der Waals surface area contributed by atoms with Crippen LogP contribution in [0.4, 0.5) is 0 Å². The number of aryl methyl sites for hydroxylation is 1. The Labute approximate surface area is 146 Å². The molecule has 0 aliphatic heterocycles. The molecule has 0 saturated carbocycles. The lowest BCUT2D eigenvalue weighted by Gasteiger charge is -2.07. The first-order valence-corrected chi connectivity index (χ1v) is 7.57. The van der Waals surface area contributed by atoms with Crippen LogP contribution < -0.4 is 4.74 Å². The fourth-order valence-corrected chi connectivity index (χ4v) is 2.13. The van der Waals surface area contributed by atoms with Gasteiger partial charge in [0.15, 0.2) is 6.61 Å². The molecule has 0 unspecified atom stereocenters. The number of methoxy groups -OCH3 is 1. The van der Waals surface area contributed by atoms with Gasteiger partial charge in [0, 0.05) is 0 Å². The lowest BCUT2D eigenvalue weighted by atomic mass is 10.1. The van der Waals surface area contributed by atoms with E-state index in [4.69, 9.17) is 14.7 Å². The predicted molar refractivity (Wildman–Crippen MR) is 93.1 cm³/mol. The zero-order chi connectivity index (χ0) is 18.2. The number of nitriles is 1. The molecule has 0 spiro atoms. The summed E-state index contributed by atoms with van der Waals surface area (Å²) in [6.07, 6.45) is 1.43. The first kappa shape index (κ1) is 18.0. The summed E-state index contributed by atoms with van der Waals surface area (Å²) in [5.74, 6) is -0.844. The van der Waals surface area contributed by atoms with Crippen LogP contribution in [0.3, 0.4) is 0 Å². The van der Waals surface area contributed by atoms with Crippen LogP contribution in [0.5, 0.6) is 5.75 Å².